The van der Waals surface area contributed by atoms with E-state index in [1.165, 1.54) is 0 Å². The Bertz CT molecular complexity index is 30.6. The predicted octanol–water partition coefficient (Wildman–Crippen LogP) is 0.0884. The zero-order chi connectivity index (χ0) is 3.58. The summed E-state index contributed by atoms with van der Waals surface area (Å²) in [6.07, 6.45) is 0. The van der Waals surface area contributed by atoms with Crippen LogP contribution in [-0.4, -0.2) is 11.1 Å². The summed E-state index contributed by atoms with van der Waals surface area (Å²) in [5, 5.41) is 7.42. The molecule has 0 saturated heterocycles. The van der Waals surface area contributed by atoms with Crippen LogP contribution in [0.5, 0.6) is 0 Å². The molecule has 5 heavy (non-hydrogen) atoms. The second-order valence-corrected chi connectivity index (χ2v) is 0.519. The Balaban J connectivity index is 0. The fourth-order valence-corrected chi connectivity index (χ4v) is 0. The SMILES string of the molecule is CC(=O)O.[Pd+2]. The van der Waals surface area contributed by atoms with Gasteiger partial charge in [0.25, 0.3) is 5.97 Å². The molecule has 0 bridgehead atoms. The van der Waals surface area contributed by atoms with Gasteiger partial charge in [0.15, 0.2) is 0 Å². The second-order valence-electron chi connectivity index (χ2n) is 0.519. The molecule has 0 heterocycles. The second kappa shape index (κ2) is 4.13. The molecule has 0 fully saturated rings. The minimum Gasteiger partial charge on any atom is -0.481 e. The Morgan fingerprint density at radius 2 is 1.80 bits per heavy atom. The summed E-state index contributed by atoms with van der Waals surface area (Å²) >= 11 is 0. The molecule has 1 N–H and O–H groups in total. The molecule has 0 atom stereocenters. The fraction of sp³-hybridized carbons (Fsp3) is 0.500. The van der Waals surface area contributed by atoms with Crippen molar-refractivity contribution in [2.24, 2.45) is 0 Å². The van der Waals surface area contributed by atoms with Gasteiger partial charge in [0.2, 0.25) is 0 Å². The molecule has 32 valence electrons. The van der Waals surface area contributed by atoms with E-state index in [-0.39, 0.29) is 20.4 Å². The number of hydrogen-bond acceptors (Lipinski definition) is 1. The van der Waals surface area contributed by atoms with Crippen LogP contribution in [0, 0.1) is 0 Å². The molecule has 0 saturated carbocycles. The molecule has 0 aromatic carbocycles. The van der Waals surface area contributed by atoms with Crippen LogP contribution in [-0.2, 0) is 25.2 Å². The van der Waals surface area contributed by atoms with Gasteiger partial charge < -0.3 is 5.11 Å². The zero-order valence-electron chi connectivity index (χ0n) is 2.67. The summed E-state index contributed by atoms with van der Waals surface area (Å²) in [5.74, 6) is -0.833. The third-order valence-corrected chi connectivity index (χ3v) is 0. The average molecular weight is 166 g/mol. The predicted molar refractivity (Wildman–Crippen MR) is 13.3 cm³/mol. The molecule has 0 amide bonds. The molecule has 2 nitrogen and oxygen atoms in total. The number of hydrogen-bond donors (Lipinski definition) is 1. The van der Waals surface area contributed by atoms with Crippen molar-refractivity contribution < 1.29 is 30.3 Å². The molecule has 0 radical (unpaired) electrons. The van der Waals surface area contributed by atoms with Crippen LogP contribution in [0.1, 0.15) is 6.92 Å². The molecular weight excluding hydrogens is 162 g/mol. The molecule has 0 aromatic heterocycles. The zero-order valence-corrected chi connectivity index (χ0v) is 4.23. The van der Waals surface area contributed by atoms with Gasteiger partial charge in [0, 0.05) is 6.92 Å². The number of carboxylic acid groups (broad SMARTS) is 1. The van der Waals surface area contributed by atoms with Gasteiger partial charge in [-0.3, -0.25) is 4.79 Å². The largest absolute Gasteiger partial charge is 2.00 e. The van der Waals surface area contributed by atoms with Crippen LogP contribution in [0.25, 0.3) is 0 Å². The van der Waals surface area contributed by atoms with Crippen molar-refractivity contribution in [3.8, 4) is 0 Å². The van der Waals surface area contributed by atoms with Crippen LogP contribution in [0.4, 0.5) is 0 Å². The van der Waals surface area contributed by atoms with Gasteiger partial charge in [-0.15, -0.1) is 0 Å². The number of rotatable bonds is 0. The minimum absolute atomic E-state index is 0. The Morgan fingerprint density at radius 1 is 1.80 bits per heavy atom. The molecule has 0 unspecified atom stereocenters. The molecule has 0 aliphatic rings. The summed E-state index contributed by atoms with van der Waals surface area (Å²) in [4.78, 5) is 9.00. The number of carbonyl (C=O) groups is 1. The first kappa shape index (κ1) is 8.93. The van der Waals surface area contributed by atoms with E-state index in [0.717, 1.165) is 6.92 Å². The molecule has 0 spiro atoms. The first-order valence-electron chi connectivity index (χ1n) is 0.928. The van der Waals surface area contributed by atoms with Gasteiger partial charge in [0.1, 0.15) is 0 Å². The van der Waals surface area contributed by atoms with Crippen molar-refractivity contribution in [3.63, 3.8) is 0 Å². The van der Waals surface area contributed by atoms with E-state index in [4.69, 9.17) is 9.90 Å². The van der Waals surface area contributed by atoms with E-state index < -0.39 is 5.97 Å². The first-order chi connectivity index (χ1) is 1.73. The van der Waals surface area contributed by atoms with Gasteiger partial charge in [-0.05, 0) is 0 Å². The maximum absolute atomic E-state index is 9.00. The fourth-order valence-electron chi connectivity index (χ4n) is 0. The third kappa shape index (κ3) is 1070. The quantitative estimate of drug-likeness (QED) is 0.518. The van der Waals surface area contributed by atoms with Crippen molar-refractivity contribution in [1.29, 1.82) is 0 Å². The van der Waals surface area contributed by atoms with E-state index in [1.54, 1.807) is 0 Å². The van der Waals surface area contributed by atoms with Crippen molar-refractivity contribution in [2.75, 3.05) is 0 Å². The van der Waals surface area contributed by atoms with Gasteiger partial charge in [-0.1, -0.05) is 0 Å². The number of aliphatic carboxylic acids is 1. The maximum Gasteiger partial charge on any atom is 2.00 e. The van der Waals surface area contributed by atoms with E-state index in [1.807, 2.05) is 0 Å². The molecule has 0 aromatic rings. The van der Waals surface area contributed by atoms with Crippen LogP contribution in [0.3, 0.4) is 0 Å². The summed E-state index contributed by atoms with van der Waals surface area (Å²) in [6.45, 7) is 1.08. The molecular formula is C2H4O2Pd+2. The Labute approximate surface area is 43.8 Å². The van der Waals surface area contributed by atoms with E-state index in [0.29, 0.717) is 0 Å². The van der Waals surface area contributed by atoms with Gasteiger partial charge >= 0.3 is 20.4 Å². The van der Waals surface area contributed by atoms with Gasteiger partial charge in [-0.25, -0.2) is 0 Å². The standard InChI is InChI=1S/C2H4O2.Pd/c1-2(3)4;/h1H3,(H,3,4);/q;+2. The normalized spacial score (nSPS) is 5.00. The molecule has 0 aliphatic carbocycles. The van der Waals surface area contributed by atoms with Crippen molar-refractivity contribution >= 4 is 5.97 Å². The smallest absolute Gasteiger partial charge is 0.481 e. The topological polar surface area (TPSA) is 37.3 Å². The third-order valence-electron chi connectivity index (χ3n) is 0. The summed E-state index contributed by atoms with van der Waals surface area (Å²) in [7, 11) is 0. The van der Waals surface area contributed by atoms with Crippen molar-refractivity contribution in [2.45, 2.75) is 6.92 Å². The summed E-state index contributed by atoms with van der Waals surface area (Å²) < 4.78 is 0. The molecule has 0 rings (SSSR count). The Hall–Kier alpha value is 0.132. The minimum atomic E-state index is -0.833. The average Bonchev–Trinajstić information content (AvgIpc) is 0.811. The van der Waals surface area contributed by atoms with Crippen LogP contribution in [0.15, 0.2) is 0 Å². The number of carboxylic acids is 1. The first-order valence-corrected chi connectivity index (χ1v) is 0.928. The van der Waals surface area contributed by atoms with Crippen molar-refractivity contribution in [3.05, 3.63) is 0 Å². The van der Waals surface area contributed by atoms with Crippen molar-refractivity contribution in [1.82, 2.24) is 0 Å². The summed E-state index contributed by atoms with van der Waals surface area (Å²) in [5.41, 5.74) is 0. The van der Waals surface area contributed by atoms with E-state index in [2.05, 4.69) is 0 Å². The van der Waals surface area contributed by atoms with Crippen LogP contribution in [0.2, 0.25) is 0 Å². The van der Waals surface area contributed by atoms with Gasteiger partial charge in [-0.2, -0.15) is 0 Å². The van der Waals surface area contributed by atoms with E-state index in [9.17, 15) is 0 Å². The summed E-state index contributed by atoms with van der Waals surface area (Å²) in [6, 6.07) is 0. The Kier molecular flexibility index (Phi) is 7.38. The Morgan fingerprint density at radius 3 is 1.80 bits per heavy atom. The molecule has 3 heteroatoms. The molecule has 0 aliphatic heterocycles. The van der Waals surface area contributed by atoms with Gasteiger partial charge in [0.05, 0.1) is 0 Å². The van der Waals surface area contributed by atoms with E-state index >= 15 is 0 Å². The monoisotopic (exact) mass is 166 g/mol. The van der Waals surface area contributed by atoms with Crippen LogP contribution >= 0.6 is 0 Å². The maximum atomic E-state index is 9.00. The van der Waals surface area contributed by atoms with Crippen LogP contribution < -0.4 is 0 Å².